The van der Waals surface area contributed by atoms with Gasteiger partial charge in [-0.2, -0.15) is 0 Å². The highest BCUT2D eigenvalue weighted by atomic mass is 16.5. The van der Waals surface area contributed by atoms with Crippen LogP contribution in [-0.4, -0.2) is 47.7 Å². The number of nitrogens with zero attached hydrogens (tertiary/aromatic N) is 1. The van der Waals surface area contributed by atoms with Gasteiger partial charge in [0.2, 0.25) is 5.91 Å². The molecule has 1 aliphatic heterocycles. The van der Waals surface area contributed by atoms with E-state index in [2.05, 4.69) is 0 Å². The Balaban J connectivity index is 2.60. The van der Waals surface area contributed by atoms with Crippen LogP contribution in [0.1, 0.15) is 26.2 Å². The van der Waals surface area contributed by atoms with Crippen LogP contribution in [-0.2, 0) is 14.3 Å². The Kier molecular flexibility index (Phi) is 4.55. The summed E-state index contributed by atoms with van der Waals surface area (Å²) >= 11 is 0. The second kappa shape index (κ2) is 5.70. The van der Waals surface area contributed by atoms with Crippen LogP contribution in [0.4, 0.5) is 0 Å². The van der Waals surface area contributed by atoms with Crippen LogP contribution in [0, 0.1) is 0 Å². The van der Waals surface area contributed by atoms with Gasteiger partial charge in [0, 0.05) is 25.7 Å². The van der Waals surface area contributed by atoms with Crippen molar-refractivity contribution >= 4 is 11.9 Å². The maximum absolute atomic E-state index is 11.6. The molecule has 0 bridgehead atoms. The Morgan fingerprint density at radius 1 is 1.40 bits per heavy atom. The number of hydrogen-bond acceptors (Lipinski definition) is 3. The summed E-state index contributed by atoms with van der Waals surface area (Å²) in [6, 6.07) is 0.0299. The molecule has 1 rings (SSSR count). The molecule has 86 valence electrons. The zero-order valence-corrected chi connectivity index (χ0v) is 8.94. The van der Waals surface area contributed by atoms with Crippen LogP contribution in [0.5, 0.6) is 0 Å². The Bertz CT molecular complexity index is 236. The monoisotopic (exact) mass is 215 g/mol. The van der Waals surface area contributed by atoms with Crippen molar-refractivity contribution in [3.8, 4) is 0 Å². The lowest BCUT2D eigenvalue weighted by Crippen LogP contribution is -2.45. The summed E-state index contributed by atoms with van der Waals surface area (Å²) in [5.74, 6) is -1.05. The number of hydrogen-bond donors (Lipinski definition) is 1. The molecule has 5 nitrogen and oxygen atoms in total. The SMILES string of the molecule is CCC(=O)N(CC(=O)O)C1CCOCC1. The smallest absolute Gasteiger partial charge is 0.323 e. The number of amides is 1. The van der Waals surface area contributed by atoms with Gasteiger partial charge in [-0.1, -0.05) is 6.92 Å². The minimum absolute atomic E-state index is 0.0299. The topological polar surface area (TPSA) is 66.8 Å². The normalized spacial score (nSPS) is 17.4. The summed E-state index contributed by atoms with van der Waals surface area (Å²) in [5, 5.41) is 8.73. The Morgan fingerprint density at radius 3 is 2.47 bits per heavy atom. The van der Waals surface area contributed by atoms with Crippen LogP contribution in [0.15, 0.2) is 0 Å². The van der Waals surface area contributed by atoms with Crippen molar-refractivity contribution < 1.29 is 19.4 Å². The van der Waals surface area contributed by atoms with E-state index >= 15 is 0 Å². The molecule has 0 atom stereocenters. The summed E-state index contributed by atoms with van der Waals surface area (Å²) in [4.78, 5) is 23.7. The molecule has 1 N–H and O–H groups in total. The van der Waals surface area contributed by atoms with Crippen LogP contribution >= 0.6 is 0 Å². The van der Waals surface area contributed by atoms with E-state index in [0.29, 0.717) is 19.6 Å². The van der Waals surface area contributed by atoms with E-state index in [9.17, 15) is 9.59 Å². The standard InChI is InChI=1S/C10H17NO4/c1-2-9(12)11(7-10(13)14)8-3-5-15-6-4-8/h8H,2-7H2,1H3,(H,13,14). The fourth-order valence-corrected chi connectivity index (χ4v) is 1.77. The van der Waals surface area contributed by atoms with Gasteiger partial charge in [0.25, 0.3) is 0 Å². The zero-order valence-electron chi connectivity index (χ0n) is 8.94. The Morgan fingerprint density at radius 2 is 2.00 bits per heavy atom. The molecule has 5 heteroatoms. The third-order valence-electron chi connectivity index (χ3n) is 2.56. The van der Waals surface area contributed by atoms with E-state index in [1.165, 1.54) is 4.90 Å². The van der Waals surface area contributed by atoms with E-state index in [1.54, 1.807) is 6.92 Å². The van der Waals surface area contributed by atoms with Gasteiger partial charge in [0.1, 0.15) is 6.54 Å². The first-order chi connectivity index (χ1) is 7.15. The van der Waals surface area contributed by atoms with Crippen LogP contribution in [0.25, 0.3) is 0 Å². The average Bonchev–Trinajstić information content (AvgIpc) is 2.26. The Hall–Kier alpha value is -1.10. The van der Waals surface area contributed by atoms with Crippen molar-refractivity contribution in [2.75, 3.05) is 19.8 Å². The lowest BCUT2D eigenvalue weighted by atomic mass is 10.1. The summed E-state index contributed by atoms with van der Waals surface area (Å²) in [6.07, 6.45) is 1.82. The molecule has 1 amide bonds. The number of carboxylic acids is 1. The van der Waals surface area contributed by atoms with E-state index in [1.807, 2.05) is 0 Å². The molecule has 15 heavy (non-hydrogen) atoms. The number of ether oxygens (including phenoxy) is 1. The van der Waals surface area contributed by atoms with Gasteiger partial charge < -0.3 is 14.7 Å². The number of carboxylic acid groups (broad SMARTS) is 1. The maximum atomic E-state index is 11.6. The molecular weight excluding hydrogens is 198 g/mol. The molecule has 1 fully saturated rings. The highest BCUT2D eigenvalue weighted by Crippen LogP contribution is 2.15. The van der Waals surface area contributed by atoms with Crippen molar-refractivity contribution in [3.63, 3.8) is 0 Å². The molecule has 0 aromatic heterocycles. The van der Waals surface area contributed by atoms with Crippen LogP contribution in [0.2, 0.25) is 0 Å². The van der Waals surface area contributed by atoms with Gasteiger partial charge >= 0.3 is 5.97 Å². The Labute approximate surface area is 89.0 Å². The molecule has 0 radical (unpaired) electrons. The van der Waals surface area contributed by atoms with E-state index in [0.717, 1.165) is 12.8 Å². The van der Waals surface area contributed by atoms with E-state index in [4.69, 9.17) is 9.84 Å². The molecule has 0 saturated carbocycles. The fourth-order valence-electron chi connectivity index (χ4n) is 1.77. The summed E-state index contributed by atoms with van der Waals surface area (Å²) < 4.78 is 5.18. The predicted octanol–water partition coefficient (Wildman–Crippen LogP) is 0.489. The highest BCUT2D eigenvalue weighted by molar-refractivity contribution is 5.81. The van der Waals surface area contributed by atoms with Crippen molar-refractivity contribution in [2.24, 2.45) is 0 Å². The number of carbonyl (C=O) groups excluding carboxylic acids is 1. The fraction of sp³-hybridized carbons (Fsp3) is 0.800. The van der Waals surface area contributed by atoms with Crippen molar-refractivity contribution in [1.29, 1.82) is 0 Å². The molecule has 1 saturated heterocycles. The quantitative estimate of drug-likeness (QED) is 0.741. The van der Waals surface area contributed by atoms with Crippen molar-refractivity contribution in [1.82, 2.24) is 4.90 Å². The number of aliphatic carboxylic acids is 1. The van der Waals surface area contributed by atoms with Gasteiger partial charge in [0.05, 0.1) is 0 Å². The van der Waals surface area contributed by atoms with Gasteiger partial charge in [-0.15, -0.1) is 0 Å². The molecule has 0 unspecified atom stereocenters. The molecule has 0 aromatic rings. The first kappa shape index (κ1) is 12.0. The molecule has 1 heterocycles. The predicted molar refractivity (Wildman–Crippen MR) is 53.5 cm³/mol. The van der Waals surface area contributed by atoms with Gasteiger partial charge in [-0.3, -0.25) is 9.59 Å². The lowest BCUT2D eigenvalue weighted by Gasteiger charge is -2.33. The summed E-state index contributed by atoms with van der Waals surface area (Å²) in [5.41, 5.74) is 0. The molecule has 0 aliphatic carbocycles. The van der Waals surface area contributed by atoms with Crippen molar-refractivity contribution in [3.05, 3.63) is 0 Å². The van der Waals surface area contributed by atoms with E-state index in [-0.39, 0.29) is 18.5 Å². The highest BCUT2D eigenvalue weighted by Gasteiger charge is 2.26. The third-order valence-corrected chi connectivity index (χ3v) is 2.56. The second-order valence-electron chi connectivity index (χ2n) is 3.61. The zero-order chi connectivity index (χ0) is 11.3. The first-order valence-electron chi connectivity index (χ1n) is 5.24. The van der Waals surface area contributed by atoms with Gasteiger partial charge in [-0.25, -0.2) is 0 Å². The molecule has 0 aromatic carbocycles. The molecule has 0 spiro atoms. The molecule has 1 aliphatic rings. The van der Waals surface area contributed by atoms with Crippen LogP contribution < -0.4 is 0 Å². The number of rotatable bonds is 4. The molecular formula is C10H17NO4. The summed E-state index contributed by atoms with van der Waals surface area (Å²) in [6.45, 7) is 2.77. The maximum Gasteiger partial charge on any atom is 0.323 e. The second-order valence-corrected chi connectivity index (χ2v) is 3.61. The largest absolute Gasteiger partial charge is 0.480 e. The average molecular weight is 215 g/mol. The summed E-state index contributed by atoms with van der Waals surface area (Å²) in [7, 11) is 0. The number of carbonyl (C=O) groups is 2. The lowest BCUT2D eigenvalue weighted by molar-refractivity contribution is -0.147. The minimum Gasteiger partial charge on any atom is -0.480 e. The van der Waals surface area contributed by atoms with Gasteiger partial charge in [0.15, 0.2) is 0 Å². The van der Waals surface area contributed by atoms with Gasteiger partial charge in [-0.05, 0) is 12.8 Å². The van der Waals surface area contributed by atoms with Crippen LogP contribution in [0.3, 0.4) is 0 Å². The first-order valence-corrected chi connectivity index (χ1v) is 5.24. The minimum atomic E-state index is -0.955. The van der Waals surface area contributed by atoms with Crippen molar-refractivity contribution in [2.45, 2.75) is 32.2 Å². The van der Waals surface area contributed by atoms with E-state index < -0.39 is 5.97 Å². The third kappa shape index (κ3) is 3.51.